The molecular formula is C28H44N4O3S. The van der Waals surface area contributed by atoms with Gasteiger partial charge in [0.05, 0.1) is 12.3 Å². The van der Waals surface area contributed by atoms with Crippen molar-refractivity contribution in [3.05, 3.63) is 35.3 Å². The zero-order valence-corrected chi connectivity index (χ0v) is 23.5. The van der Waals surface area contributed by atoms with Crippen LogP contribution in [0.1, 0.15) is 78.3 Å². The minimum absolute atomic E-state index is 0.165. The third kappa shape index (κ3) is 9.62. The maximum absolute atomic E-state index is 12.4. The van der Waals surface area contributed by atoms with Crippen LogP contribution in [-0.4, -0.2) is 59.3 Å². The molecule has 0 aliphatic carbocycles. The summed E-state index contributed by atoms with van der Waals surface area (Å²) in [6, 6.07) is 8.27. The fourth-order valence-corrected chi connectivity index (χ4v) is 4.97. The number of benzene rings is 1. The van der Waals surface area contributed by atoms with E-state index in [1.54, 1.807) is 16.2 Å². The number of carbonyl (C=O) groups is 1. The first-order valence-corrected chi connectivity index (χ1v) is 14.2. The van der Waals surface area contributed by atoms with Crippen LogP contribution in [0.4, 0.5) is 15.6 Å². The van der Waals surface area contributed by atoms with Crippen LogP contribution in [0.15, 0.2) is 29.6 Å². The number of hydrogen-bond acceptors (Lipinski definition) is 7. The lowest BCUT2D eigenvalue weighted by atomic mass is 10.1. The second-order valence-electron chi connectivity index (χ2n) is 10.7. The number of nitrogens with one attached hydrogen (secondary N) is 1. The Labute approximate surface area is 221 Å². The number of carbonyl (C=O) groups excluding carboxylic acids is 1. The Morgan fingerprint density at radius 3 is 2.61 bits per heavy atom. The Morgan fingerprint density at radius 1 is 1.17 bits per heavy atom. The summed E-state index contributed by atoms with van der Waals surface area (Å²) in [6.07, 6.45) is 8.29. The highest BCUT2D eigenvalue weighted by Crippen LogP contribution is 2.25. The predicted octanol–water partition coefficient (Wildman–Crippen LogP) is 7.07. The van der Waals surface area contributed by atoms with Crippen LogP contribution in [0.5, 0.6) is 5.75 Å². The molecule has 8 heteroatoms. The highest BCUT2D eigenvalue weighted by atomic mass is 32.1. The van der Waals surface area contributed by atoms with Crippen LogP contribution >= 0.6 is 11.3 Å². The van der Waals surface area contributed by atoms with Crippen LogP contribution in [0, 0.1) is 0 Å². The van der Waals surface area contributed by atoms with Crippen LogP contribution in [0.2, 0.25) is 0 Å². The number of anilines is 2. The average Bonchev–Trinajstić information content (AvgIpc) is 3.47. The predicted molar refractivity (Wildman–Crippen MR) is 148 cm³/mol. The Hall–Kier alpha value is -2.32. The van der Waals surface area contributed by atoms with Crippen molar-refractivity contribution in [3.8, 4) is 5.75 Å². The van der Waals surface area contributed by atoms with E-state index in [4.69, 9.17) is 14.5 Å². The normalized spacial score (nSPS) is 16.2. The number of nitrogens with zero attached hydrogens (tertiary/aromatic N) is 3. The van der Waals surface area contributed by atoms with E-state index in [0.29, 0.717) is 0 Å². The van der Waals surface area contributed by atoms with Gasteiger partial charge in [-0.2, -0.15) is 0 Å². The van der Waals surface area contributed by atoms with Gasteiger partial charge in [-0.1, -0.05) is 39.0 Å². The maximum atomic E-state index is 12.4. The second-order valence-corrected chi connectivity index (χ2v) is 11.5. The number of amides is 1. The largest absolute Gasteiger partial charge is 0.494 e. The molecule has 3 rings (SSSR count). The van der Waals surface area contributed by atoms with Crippen LogP contribution in [-0.2, 0) is 11.3 Å². The molecule has 2 heterocycles. The average molecular weight is 517 g/mol. The topological polar surface area (TPSA) is 66.9 Å². The molecule has 1 saturated heterocycles. The van der Waals surface area contributed by atoms with Gasteiger partial charge >= 0.3 is 6.09 Å². The summed E-state index contributed by atoms with van der Waals surface area (Å²) in [6.45, 7) is 11.3. The molecule has 200 valence electrons. The first kappa shape index (κ1) is 28.3. The molecule has 1 amide bonds. The van der Waals surface area contributed by atoms with Crippen molar-refractivity contribution in [2.75, 3.05) is 32.1 Å². The molecule has 1 aliphatic heterocycles. The Kier molecular flexibility index (Phi) is 10.9. The molecule has 1 aliphatic rings. The van der Waals surface area contributed by atoms with Gasteiger partial charge in [-0.05, 0) is 57.9 Å². The number of aromatic nitrogens is 1. The number of hydrogen-bond donors (Lipinski definition) is 1. The minimum Gasteiger partial charge on any atom is -0.494 e. The van der Waals surface area contributed by atoms with E-state index in [0.717, 1.165) is 61.3 Å². The molecular weight excluding hydrogens is 472 g/mol. The monoisotopic (exact) mass is 516 g/mol. The van der Waals surface area contributed by atoms with E-state index in [9.17, 15) is 4.79 Å². The molecule has 0 saturated carbocycles. The van der Waals surface area contributed by atoms with E-state index in [1.807, 2.05) is 52.1 Å². The van der Waals surface area contributed by atoms with E-state index >= 15 is 0 Å². The number of unbranched alkanes of at least 4 members (excludes halogenated alkanes) is 5. The standard InChI is InChI=1S/C28H44N4O3S/c1-6-7-8-9-10-11-18-34-25-14-12-22(13-15-25)29-26-30-23(21-36-26)19-32-17-16-24(20-32)31(5)27(33)35-28(2,3)4/h12-15,21,24H,6-11,16-20H2,1-5H3,(H,29,30). The molecule has 1 N–H and O–H groups in total. The second kappa shape index (κ2) is 13.8. The summed E-state index contributed by atoms with van der Waals surface area (Å²) < 4.78 is 11.4. The van der Waals surface area contributed by atoms with Gasteiger partial charge in [-0.25, -0.2) is 9.78 Å². The highest BCUT2D eigenvalue weighted by molar-refractivity contribution is 7.13. The zero-order chi connectivity index (χ0) is 26.0. The third-order valence-corrected chi connectivity index (χ3v) is 7.09. The van der Waals surface area contributed by atoms with Gasteiger partial charge in [0, 0.05) is 43.8 Å². The smallest absolute Gasteiger partial charge is 0.410 e. The molecule has 2 aromatic rings. The number of ether oxygens (including phenoxy) is 2. The molecule has 7 nitrogen and oxygen atoms in total. The fraction of sp³-hybridized carbons (Fsp3) is 0.643. The van der Waals surface area contributed by atoms with Crippen molar-refractivity contribution in [1.29, 1.82) is 0 Å². The molecule has 1 unspecified atom stereocenters. The summed E-state index contributed by atoms with van der Waals surface area (Å²) in [7, 11) is 1.83. The van der Waals surface area contributed by atoms with E-state index in [-0.39, 0.29) is 12.1 Å². The third-order valence-electron chi connectivity index (χ3n) is 6.29. The summed E-state index contributed by atoms with van der Waals surface area (Å²) in [5, 5.41) is 6.38. The summed E-state index contributed by atoms with van der Waals surface area (Å²) >= 11 is 1.61. The van der Waals surface area contributed by atoms with Crippen molar-refractivity contribution in [2.45, 2.75) is 90.8 Å². The molecule has 0 spiro atoms. The fourth-order valence-electron chi connectivity index (χ4n) is 4.25. The number of likely N-dealkylation sites (tertiary alicyclic amines) is 1. The highest BCUT2D eigenvalue weighted by Gasteiger charge is 2.31. The maximum Gasteiger partial charge on any atom is 0.410 e. The molecule has 1 fully saturated rings. The lowest BCUT2D eigenvalue weighted by molar-refractivity contribution is 0.0228. The van der Waals surface area contributed by atoms with Gasteiger partial charge in [0.25, 0.3) is 0 Å². The zero-order valence-electron chi connectivity index (χ0n) is 22.7. The molecule has 1 aromatic carbocycles. The first-order valence-electron chi connectivity index (χ1n) is 13.4. The molecule has 0 bridgehead atoms. The summed E-state index contributed by atoms with van der Waals surface area (Å²) in [4.78, 5) is 21.2. The quantitative estimate of drug-likeness (QED) is 0.287. The van der Waals surface area contributed by atoms with E-state index < -0.39 is 5.60 Å². The Morgan fingerprint density at radius 2 is 1.89 bits per heavy atom. The number of rotatable bonds is 13. The van der Waals surface area contributed by atoms with Crippen LogP contribution in [0.3, 0.4) is 0 Å². The van der Waals surface area contributed by atoms with Crippen molar-refractivity contribution >= 4 is 28.2 Å². The van der Waals surface area contributed by atoms with Gasteiger partial charge < -0.3 is 19.7 Å². The Balaban J connectivity index is 1.39. The first-order chi connectivity index (χ1) is 17.2. The van der Waals surface area contributed by atoms with E-state index in [2.05, 4.69) is 22.5 Å². The summed E-state index contributed by atoms with van der Waals surface area (Å²) in [5.41, 5.74) is 1.57. The number of thiazole rings is 1. The van der Waals surface area contributed by atoms with Gasteiger partial charge in [0.1, 0.15) is 11.4 Å². The number of likely N-dealkylation sites (N-methyl/N-ethyl adjacent to an activating group) is 1. The van der Waals surface area contributed by atoms with Gasteiger partial charge in [-0.3, -0.25) is 4.90 Å². The van der Waals surface area contributed by atoms with Gasteiger partial charge in [-0.15, -0.1) is 11.3 Å². The van der Waals surface area contributed by atoms with Crippen LogP contribution < -0.4 is 10.1 Å². The molecule has 1 atom stereocenters. The lowest BCUT2D eigenvalue weighted by Gasteiger charge is -2.28. The van der Waals surface area contributed by atoms with Crippen molar-refractivity contribution in [2.24, 2.45) is 0 Å². The van der Waals surface area contributed by atoms with Crippen molar-refractivity contribution in [1.82, 2.24) is 14.8 Å². The Bertz CT molecular complexity index is 926. The molecule has 0 radical (unpaired) electrons. The van der Waals surface area contributed by atoms with Gasteiger partial charge in [0.2, 0.25) is 0 Å². The van der Waals surface area contributed by atoms with Crippen molar-refractivity contribution < 1.29 is 14.3 Å². The van der Waals surface area contributed by atoms with Crippen molar-refractivity contribution in [3.63, 3.8) is 0 Å². The summed E-state index contributed by atoms with van der Waals surface area (Å²) in [5.74, 6) is 0.911. The van der Waals surface area contributed by atoms with Crippen LogP contribution in [0.25, 0.3) is 0 Å². The minimum atomic E-state index is -0.478. The van der Waals surface area contributed by atoms with E-state index in [1.165, 1.54) is 32.1 Å². The molecule has 36 heavy (non-hydrogen) atoms. The van der Waals surface area contributed by atoms with Gasteiger partial charge in [0.15, 0.2) is 5.13 Å². The SMILES string of the molecule is CCCCCCCCOc1ccc(Nc2nc(CN3CCC(N(C)C(=O)OC(C)(C)C)C3)cs2)cc1. The lowest BCUT2D eigenvalue weighted by Crippen LogP contribution is -2.42. The molecule has 1 aromatic heterocycles.